The Bertz CT molecular complexity index is 1110. The summed E-state index contributed by atoms with van der Waals surface area (Å²) in [6, 6.07) is 13.0. The van der Waals surface area contributed by atoms with Crippen LogP contribution in [0.5, 0.6) is 0 Å². The molecule has 3 aromatic rings. The average molecular weight is 420 g/mol. The summed E-state index contributed by atoms with van der Waals surface area (Å²) in [4.78, 5) is 28.7. The lowest BCUT2D eigenvalue weighted by Gasteiger charge is -2.30. The molecule has 0 radical (unpaired) electrons. The van der Waals surface area contributed by atoms with Crippen molar-refractivity contribution < 1.29 is 4.79 Å². The Morgan fingerprint density at radius 1 is 1.10 bits per heavy atom. The summed E-state index contributed by atoms with van der Waals surface area (Å²) >= 11 is 5.94. The van der Waals surface area contributed by atoms with Gasteiger partial charge in [0.05, 0.1) is 22.6 Å². The number of carbonyl (C=O) groups is 1. The first-order chi connectivity index (χ1) is 14.5. The highest BCUT2D eigenvalue weighted by atomic mass is 35.5. The summed E-state index contributed by atoms with van der Waals surface area (Å²) in [6.45, 7) is 2.80. The molecule has 7 heteroatoms. The number of aryl methyl sites for hydroxylation is 2. The fraction of sp³-hybridized carbons (Fsp3) is 0.304. The van der Waals surface area contributed by atoms with Crippen molar-refractivity contribution in [3.63, 3.8) is 0 Å². The van der Waals surface area contributed by atoms with Gasteiger partial charge in [-0.1, -0.05) is 11.6 Å². The number of fused-ring (bicyclic) bond motifs is 1. The molecule has 0 saturated heterocycles. The lowest BCUT2D eigenvalue weighted by atomic mass is 10.0. The Morgan fingerprint density at radius 3 is 2.63 bits per heavy atom. The van der Waals surface area contributed by atoms with E-state index < -0.39 is 0 Å². The lowest BCUT2D eigenvalue weighted by Crippen LogP contribution is -2.36. The fourth-order valence-corrected chi connectivity index (χ4v) is 4.13. The smallest absolute Gasteiger partial charge is 0.252 e. The molecule has 1 fully saturated rings. The molecule has 0 spiro atoms. The summed E-state index contributed by atoms with van der Waals surface area (Å²) < 4.78 is 0. The number of rotatable bonds is 4. The highest BCUT2D eigenvalue weighted by molar-refractivity contribution is 6.30. The molecule has 0 atom stereocenters. The van der Waals surface area contributed by atoms with E-state index in [1.54, 1.807) is 30.5 Å². The highest BCUT2D eigenvalue weighted by Gasteiger charge is 2.47. The molecule has 6 nitrogen and oxygen atoms in total. The molecule has 30 heavy (non-hydrogen) atoms. The number of hydrogen-bond donors (Lipinski definition) is 1. The van der Waals surface area contributed by atoms with Gasteiger partial charge in [-0.25, -0.2) is 9.97 Å². The van der Waals surface area contributed by atoms with Gasteiger partial charge in [0.2, 0.25) is 0 Å². The van der Waals surface area contributed by atoms with Crippen LogP contribution in [0.1, 0.15) is 46.8 Å². The number of pyridine rings is 1. The summed E-state index contributed by atoms with van der Waals surface area (Å²) in [5.74, 6) is 1.56. The third-order valence-corrected chi connectivity index (χ3v) is 6.03. The monoisotopic (exact) mass is 419 g/mol. The summed E-state index contributed by atoms with van der Waals surface area (Å²) in [5, 5.41) is 3.82. The number of nitrogens with zero attached hydrogens (tertiary/aromatic N) is 4. The van der Waals surface area contributed by atoms with E-state index in [2.05, 4.69) is 26.3 Å². The number of amides is 1. The van der Waals surface area contributed by atoms with Crippen molar-refractivity contribution >= 4 is 29.0 Å². The normalized spacial score (nSPS) is 16.7. The molecule has 1 amide bonds. The van der Waals surface area contributed by atoms with Crippen LogP contribution in [-0.4, -0.2) is 27.4 Å². The molecule has 1 aliphatic heterocycles. The van der Waals surface area contributed by atoms with Crippen molar-refractivity contribution in [2.24, 2.45) is 0 Å². The minimum absolute atomic E-state index is 0.0956. The van der Waals surface area contributed by atoms with Crippen molar-refractivity contribution in [3.05, 3.63) is 76.5 Å². The van der Waals surface area contributed by atoms with Gasteiger partial charge >= 0.3 is 0 Å². The maximum atomic E-state index is 12.7. The first kappa shape index (κ1) is 19.0. The van der Waals surface area contributed by atoms with Crippen molar-refractivity contribution in [3.8, 4) is 0 Å². The Labute approximate surface area is 180 Å². The zero-order valence-corrected chi connectivity index (χ0v) is 17.5. The Balaban J connectivity index is 1.41. The van der Waals surface area contributed by atoms with Crippen LogP contribution >= 0.6 is 11.6 Å². The third kappa shape index (κ3) is 3.52. The number of halogens is 1. The SMILES string of the molecule is Cc1nccc(N2CCCc3nc(C4(NC(=O)c5ccc(Cl)cc5)CC4)ccc32)n1. The minimum Gasteiger partial charge on any atom is -0.341 e. The molecule has 1 saturated carbocycles. The van der Waals surface area contributed by atoms with Gasteiger partial charge in [0, 0.05) is 23.3 Å². The molecular formula is C23H22ClN5O. The van der Waals surface area contributed by atoms with Crippen molar-refractivity contribution in [2.45, 2.75) is 38.1 Å². The van der Waals surface area contributed by atoms with Crippen LogP contribution in [0.15, 0.2) is 48.7 Å². The number of benzene rings is 1. The van der Waals surface area contributed by atoms with Gasteiger partial charge in [0.15, 0.2) is 0 Å². The predicted octanol–water partition coefficient (Wildman–Crippen LogP) is 4.34. The van der Waals surface area contributed by atoms with Gasteiger partial charge in [-0.15, -0.1) is 0 Å². The van der Waals surface area contributed by atoms with Crippen molar-refractivity contribution in [2.75, 3.05) is 11.4 Å². The van der Waals surface area contributed by atoms with E-state index >= 15 is 0 Å². The van der Waals surface area contributed by atoms with E-state index in [4.69, 9.17) is 16.6 Å². The number of nitrogens with one attached hydrogen (secondary N) is 1. The van der Waals surface area contributed by atoms with Gasteiger partial charge in [-0.3, -0.25) is 9.78 Å². The second-order valence-corrected chi connectivity index (χ2v) is 8.36. The topological polar surface area (TPSA) is 71.0 Å². The number of anilines is 2. The molecule has 3 heterocycles. The summed E-state index contributed by atoms with van der Waals surface area (Å²) in [5.41, 5.74) is 3.31. The number of hydrogen-bond acceptors (Lipinski definition) is 5. The predicted molar refractivity (Wildman–Crippen MR) is 116 cm³/mol. The van der Waals surface area contributed by atoms with Crippen molar-refractivity contribution in [1.29, 1.82) is 0 Å². The minimum atomic E-state index is -0.375. The number of carbonyl (C=O) groups excluding carboxylic acids is 1. The number of aromatic nitrogens is 3. The molecule has 1 aliphatic carbocycles. The van der Waals surface area contributed by atoms with Crippen LogP contribution in [0.4, 0.5) is 11.5 Å². The average Bonchev–Trinajstić information content (AvgIpc) is 3.54. The second-order valence-electron chi connectivity index (χ2n) is 7.92. The highest BCUT2D eigenvalue weighted by Crippen LogP contribution is 2.46. The van der Waals surface area contributed by atoms with E-state index in [1.807, 2.05) is 19.1 Å². The van der Waals surface area contributed by atoms with E-state index in [9.17, 15) is 4.79 Å². The third-order valence-electron chi connectivity index (χ3n) is 5.77. The molecule has 0 bridgehead atoms. The van der Waals surface area contributed by atoms with Gasteiger partial charge in [-0.05, 0) is 75.1 Å². The first-order valence-electron chi connectivity index (χ1n) is 10.2. The first-order valence-corrected chi connectivity index (χ1v) is 10.6. The largest absolute Gasteiger partial charge is 0.341 e. The van der Waals surface area contributed by atoms with Gasteiger partial charge in [0.25, 0.3) is 5.91 Å². The zero-order chi connectivity index (χ0) is 20.7. The van der Waals surface area contributed by atoms with E-state index in [0.717, 1.165) is 60.9 Å². The Kier molecular flexibility index (Phi) is 4.66. The van der Waals surface area contributed by atoms with Gasteiger partial charge < -0.3 is 10.2 Å². The standard InChI is InChI=1S/C23H22ClN5O/c1-15-25-13-10-21(26-15)29-14-2-3-18-19(29)8-9-20(27-18)23(11-12-23)28-22(30)16-4-6-17(24)7-5-16/h4-10,13H,2-3,11-12,14H2,1H3,(H,28,30). The molecule has 152 valence electrons. The Hall–Kier alpha value is -2.99. The van der Waals surface area contributed by atoms with Crippen LogP contribution in [0, 0.1) is 6.92 Å². The lowest BCUT2D eigenvalue weighted by molar-refractivity contribution is 0.0929. The quantitative estimate of drug-likeness (QED) is 0.681. The Morgan fingerprint density at radius 2 is 1.90 bits per heavy atom. The molecule has 1 aromatic carbocycles. The molecule has 0 unspecified atom stereocenters. The van der Waals surface area contributed by atoms with Crippen LogP contribution < -0.4 is 10.2 Å². The maximum Gasteiger partial charge on any atom is 0.252 e. The van der Waals surface area contributed by atoms with Crippen molar-refractivity contribution in [1.82, 2.24) is 20.3 Å². The van der Waals surface area contributed by atoms with Crippen LogP contribution in [-0.2, 0) is 12.0 Å². The molecular weight excluding hydrogens is 398 g/mol. The van der Waals surface area contributed by atoms with E-state index in [1.165, 1.54) is 0 Å². The van der Waals surface area contributed by atoms with Crippen LogP contribution in [0.25, 0.3) is 0 Å². The maximum absolute atomic E-state index is 12.7. The fourth-order valence-electron chi connectivity index (χ4n) is 4.01. The van der Waals surface area contributed by atoms with Gasteiger partial charge in [-0.2, -0.15) is 0 Å². The second kappa shape index (κ2) is 7.36. The summed E-state index contributed by atoms with van der Waals surface area (Å²) in [7, 11) is 0. The molecule has 5 rings (SSSR count). The van der Waals surface area contributed by atoms with Crippen LogP contribution in [0.3, 0.4) is 0 Å². The van der Waals surface area contributed by atoms with E-state index in [0.29, 0.717) is 10.6 Å². The molecule has 2 aromatic heterocycles. The zero-order valence-electron chi connectivity index (χ0n) is 16.7. The molecule has 1 N–H and O–H groups in total. The van der Waals surface area contributed by atoms with E-state index in [-0.39, 0.29) is 11.4 Å². The van der Waals surface area contributed by atoms with Crippen LogP contribution in [0.2, 0.25) is 5.02 Å². The summed E-state index contributed by atoms with van der Waals surface area (Å²) in [6.07, 6.45) is 5.51. The van der Waals surface area contributed by atoms with Gasteiger partial charge in [0.1, 0.15) is 11.6 Å². The molecule has 2 aliphatic rings.